The van der Waals surface area contributed by atoms with Crippen molar-refractivity contribution >= 4 is 5.84 Å². The molecule has 0 aromatic heterocycles. The van der Waals surface area contributed by atoms with Crippen LogP contribution in [0, 0.1) is 5.82 Å². The number of ether oxygens (including phenoxy) is 2. The number of halogens is 4. The number of nitrogens with zero attached hydrogens (tertiary/aromatic N) is 2. The van der Waals surface area contributed by atoms with Crippen LogP contribution in [0.2, 0.25) is 0 Å². The minimum absolute atomic E-state index is 0.123. The van der Waals surface area contributed by atoms with Crippen LogP contribution < -0.4 is 5.32 Å². The first-order valence-electron chi connectivity index (χ1n) is 14.7. The first-order chi connectivity index (χ1) is 19.9. The number of amidine groups is 1. The predicted octanol–water partition coefficient (Wildman–Crippen LogP) is 8.45. The first kappa shape index (κ1) is 33.4. The molecule has 1 aromatic carbocycles. The molecular weight excluding hydrogens is 546 g/mol. The van der Waals surface area contributed by atoms with E-state index >= 15 is 0 Å². The molecule has 2 bridgehead atoms. The second-order valence-electron chi connectivity index (χ2n) is 11.2. The van der Waals surface area contributed by atoms with E-state index in [4.69, 9.17) is 14.5 Å². The predicted molar refractivity (Wildman–Crippen MR) is 160 cm³/mol. The second-order valence-corrected chi connectivity index (χ2v) is 11.2. The average Bonchev–Trinajstić information content (AvgIpc) is 3.18. The maximum absolute atomic E-state index is 15.0. The van der Waals surface area contributed by atoms with Gasteiger partial charge in [-0.25, -0.2) is 4.39 Å². The Morgan fingerprint density at radius 2 is 1.79 bits per heavy atom. The number of alkyl halides is 3. The number of methoxy groups -OCH3 is 1. The Balaban J connectivity index is 2.18. The normalized spacial score (nSPS) is 20.5. The van der Waals surface area contributed by atoms with Crippen molar-refractivity contribution in [2.75, 3.05) is 20.3 Å². The Bertz CT molecular complexity index is 1240. The van der Waals surface area contributed by atoms with Crippen LogP contribution in [0.25, 0.3) is 0 Å². The van der Waals surface area contributed by atoms with Crippen LogP contribution in [0.3, 0.4) is 0 Å². The van der Waals surface area contributed by atoms with Gasteiger partial charge in [0, 0.05) is 16.8 Å². The smallest absolute Gasteiger partial charge is 0.419 e. The molecule has 0 amide bonds. The summed E-state index contributed by atoms with van der Waals surface area (Å²) < 4.78 is 67.0. The first-order valence-corrected chi connectivity index (χ1v) is 14.7. The zero-order valence-corrected chi connectivity index (χ0v) is 25.9. The van der Waals surface area contributed by atoms with Crippen molar-refractivity contribution in [3.8, 4) is 0 Å². The standard InChI is InChI=1S/C33H45F4N3O2/c1-8-10-14-30(41-7)29(40-25-15-16-26(40)20-42-19-25)17-27(21(3)4)32(39-23(6)22(5)9-2)38-18-24-12-11-13-28(31(24)34)33(35,36)37/h11-14,17,25-26H,8-10,15-16,18-20H2,1-7H3,(H,38,39)/b23-22+,29-17+,30-14-. The van der Waals surface area contributed by atoms with E-state index in [0.717, 1.165) is 72.0 Å². The topological polar surface area (TPSA) is 46.1 Å². The molecule has 1 N–H and O–H groups in total. The van der Waals surface area contributed by atoms with E-state index < -0.39 is 17.6 Å². The SMILES string of the molecule is CCC/C=C(OC)/C(=C\C(C(=NCc1cccc(C(F)(F)F)c1F)N/C(C)=C(\C)CC)=C(C)C)N1C2CCC1COC2. The highest BCUT2D eigenvalue weighted by Crippen LogP contribution is 2.36. The van der Waals surface area contributed by atoms with E-state index in [1.165, 1.54) is 12.1 Å². The van der Waals surface area contributed by atoms with Crippen molar-refractivity contribution in [3.63, 3.8) is 0 Å². The van der Waals surface area contributed by atoms with E-state index in [1.54, 1.807) is 7.11 Å². The van der Waals surface area contributed by atoms with Crippen LogP contribution in [0.15, 0.2) is 69.2 Å². The molecule has 1 aromatic rings. The largest absolute Gasteiger partial charge is 0.495 e. The number of hydrogen-bond donors (Lipinski definition) is 1. The molecule has 0 saturated carbocycles. The molecule has 2 unspecified atom stereocenters. The van der Waals surface area contributed by atoms with Crippen LogP contribution in [0.1, 0.15) is 84.8 Å². The van der Waals surface area contributed by atoms with Crippen molar-refractivity contribution in [2.45, 2.75) is 98.5 Å². The quantitative estimate of drug-likeness (QED) is 0.0922. The van der Waals surface area contributed by atoms with Crippen molar-refractivity contribution in [3.05, 3.63) is 81.2 Å². The molecule has 0 radical (unpaired) electrons. The summed E-state index contributed by atoms with van der Waals surface area (Å²) in [7, 11) is 1.67. The van der Waals surface area contributed by atoms with E-state index in [9.17, 15) is 17.6 Å². The number of hydrogen-bond acceptors (Lipinski definition) is 4. The van der Waals surface area contributed by atoms with Gasteiger partial charge in [-0.1, -0.05) is 43.5 Å². The third-order valence-electron chi connectivity index (χ3n) is 7.95. The second kappa shape index (κ2) is 14.9. The molecule has 3 rings (SSSR count). The summed E-state index contributed by atoms with van der Waals surface area (Å²) in [6.45, 7) is 13.0. The summed E-state index contributed by atoms with van der Waals surface area (Å²) in [6, 6.07) is 3.74. The van der Waals surface area contributed by atoms with Gasteiger partial charge in [-0.3, -0.25) is 4.99 Å². The zero-order chi connectivity index (χ0) is 31.0. The molecule has 0 spiro atoms. The number of fused-ring (bicyclic) bond motifs is 2. The third-order valence-corrected chi connectivity index (χ3v) is 7.95. The fourth-order valence-corrected chi connectivity index (χ4v) is 5.28. The third kappa shape index (κ3) is 8.06. The summed E-state index contributed by atoms with van der Waals surface area (Å²) in [4.78, 5) is 7.10. The highest BCUT2D eigenvalue weighted by Gasteiger charge is 2.40. The lowest BCUT2D eigenvalue weighted by Crippen LogP contribution is -2.45. The number of allylic oxidation sites excluding steroid dienone is 4. The summed E-state index contributed by atoms with van der Waals surface area (Å²) in [6.07, 6.45) is 4.01. The van der Waals surface area contributed by atoms with E-state index in [-0.39, 0.29) is 24.2 Å². The molecule has 42 heavy (non-hydrogen) atoms. The summed E-state index contributed by atoms with van der Waals surface area (Å²) >= 11 is 0. The van der Waals surface area contributed by atoms with Gasteiger partial charge in [-0.05, 0) is 71.6 Å². The number of nitrogens with one attached hydrogen (secondary N) is 1. The van der Waals surface area contributed by atoms with Crippen molar-refractivity contribution in [1.29, 1.82) is 0 Å². The zero-order valence-electron chi connectivity index (χ0n) is 25.9. The van der Waals surface area contributed by atoms with Gasteiger partial charge < -0.3 is 19.7 Å². The van der Waals surface area contributed by atoms with Crippen LogP contribution in [0.4, 0.5) is 17.6 Å². The maximum atomic E-state index is 15.0. The Morgan fingerprint density at radius 1 is 1.12 bits per heavy atom. The lowest BCUT2D eigenvalue weighted by Gasteiger charge is -2.39. The molecule has 5 nitrogen and oxygen atoms in total. The van der Waals surface area contributed by atoms with Gasteiger partial charge in [0.1, 0.15) is 17.4 Å². The van der Waals surface area contributed by atoms with E-state index in [2.05, 4.69) is 29.3 Å². The molecular formula is C33H45F4N3O2. The molecule has 232 valence electrons. The highest BCUT2D eigenvalue weighted by molar-refractivity contribution is 6.02. The van der Waals surface area contributed by atoms with E-state index in [0.29, 0.717) is 19.0 Å². The monoisotopic (exact) mass is 591 g/mol. The highest BCUT2D eigenvalue weighted by atomic mass is 19.4. The molecule has 0 aliphatic carbocycles. The number of aliphatic imine (C=N–C) groups is 1. The van der Waals surface area contributed by atoms with E-state index in [1.807, 2.05) is 34.6 Å². The van der Waals surface area contributed by atoms with Crippen LogP contribution >= 0.6 is 0 Å². The maximum Gasteiger partial charge on any atom is 0.419 e. The summed E-state index contributed by atoms with van der Waals surface area (Å²) in [5.41, 5.74) is 3.21. The number of morpholine rings is 1. The fraction of sp³-hybridized carbons (Fsp3) is 0.545. The van der Waals surface area contributed by atoms with Gasteiger partial charge in [0.15, 0.2) is 0 Å². The van der Waals surface area contributed by atoms with Crippen molar-refractivity contribution in [2.24, 2.45) is 4.99 Å². The minimum atomic E-state index is -4.79. The fourth-order valence-electron chi connectivity index (χ4n) is 5.28. The molecule has 2 fully saturated rings. The molecule has 2 atom stereocenters. The Morgan fingerprint density at radius 3 is 2.33 bits per heavy atom. The lowest BCUT2D eigenvalue weighted by molar-refractivity contribution is -0.140. The van der Waals surface area contributed by atoms with Gasteiger partial charge in [-0.2, -0.15) is 13.2 Å². The summed E-state index contributed by atoms with van der Waals surface area (Å²) in [5.74, 6) is -0.0787. The van der Waals surface area contributed by atoms with Gasteiger partial charge in [0.25, 0.3) is 0 Å². The summed E-state index contributed by atoms with van der Waals surface area (Å²) in [5, 5.41) is 3.41. The Labute approximate surface area is 248 Å². The van der Waals surface area contributed by atoms with Gasteiger partial charge >= 0.3 is 6.18 Å². The lowest BCUT2D eigenvalue weighted by atomic mass is 10.0. The van der Waals surface area contributed by atoms with Gasteiger partial charge in [0.05, 0.1) is 50.2 Å². The number of rotatable bonds is 11. The van der Waals surface area contributed by atoms with Crippen LogP contribution in [-0.4, -0.2) is 43.1 Å². The molecule has 2 saturated heterocycles. The Kier molecular flexibility index (Phi) is 11.9. The Hall–Kier alpha value is -3.07. The number of benzene rings is 1. The van der Waals surface area contributed by atoms with Crippen molar-refractivity contribution in [1.82, 2.24) is 10.2 Å². The molecule has 2 aliphatic rings. The number of unbranched alkanes of at least 4 members (excludes halogenated alkanes) is 1. The van der Waals surface area contributed by atoms with Crippen molar-refractivity contribution < 1.29 is 27.0 Å². The average molecular weight is 592 g/mol. The van der Waals surface area contributed by atoms with Gasteiger partial charge in [0.2, 0.25) is 0 Å². The van der Waals surface area contributed by atoms with Crippen LogP contribution in [0.5, 0.6) is 0 Å². The molecule has 9 heteroatoms. The van der Waals surface area contributed by atoms with Gasteiger partial charge in [-0.15, -0.1) is 0 Å². The minimum Gasteiger partial charge on any atom is -0.495 e. The molecule has 2 heterocycles. The molecule has 2 aliphatic heterocycles. The van der Waals surface area contributed by atoms with Crippen LogP contribution in [-0.2, 0) is 22.2 Å².